The van der Waals surface area contributed by atoms with E-state index in [9.17, 15) is 8.42 Å². The van der Waals surface area contributed by atoms with Crippen molar-refractivity contribution in [2.45, 2.75) is 6.92 Å². The minimum atomic E-state index is -3.34. The highest BCUT2D eigenvalue weighted by Crippen LogP contribution is 2.31. The highest BCUT2D eigenvalue weighted by atomic mass is 32.2. The van der Waals surface area contributed by atoms with Crippen LogP contribution >= 0.6 is 0 Å². The fourth-order valence-electron chi connectivity index (χ4n) is 2.19. The molecule has 0 unspecified atom stereocenters. The Labute approximate surface area is 152 Å². The Bertz CT molecular complexity index is 959. The van der Waals surface area contributed by atoms with Gasteiger partial charge in [-0.2, -0.15) is 0 Å². The molecule has 0 fully saturated rings. The first-order chi connectivity index (χ1) is 12.6. The van der Waals surface area contributed by atoms with Crippen LogP contribution < -0.4 is 14.8 Å². The molecule has 134 valence electrons. The summed E-state index contributed by atoms with van der Waals surface area (Å²) in [7, 11) is -3.34. The van der Waals surface area contributed by atoms with Gasteiger partial charge in [0, 0.05) is 0 Å². The first-order valence-corrected chi connectivity index (χ1v) is 9.76. The third kappa shape index (κ3) is 4.73. The van der Waals surface area contributed by atoms with E-state index in [1.54, 1.807) is 25.3 Å². The van der Waals surface area contributed by atoms with E-state index in [0.29, 0.717) is 11.4 Å². The van der Waals surface area contributed by atoms with Crippen LogP contribution in [-0.4, -0.2) is 19.2 Å². The minimum absolute atomic E-state index is 0.00111. The molecule has 1 aromatic heterocycles. The van der Waals surface area contributed by atoms with Gasteiger partial charge in [0.15, 0.2) is 5.75 Å². The lowest BCUT2D eigenvalue weighted by molar-refractivity contribution is 0.485. The Morgan fingerprint density at radius 1 is 0.962 bits per heavy atom. The molecule has 3 rings (SSSR count). The molecule has 0 bridgehead atoms. The summed E-state index contributed by atoms with van der Waals surface area (Å²) in [6.07, 6.45) is 1.56. The number of sulfonamides is 1. The summed E-state index contributed by atoms with van der Waals surface area (Å²) in [4.78, 5) is 4.13. The summed E-state index contributed by atoms with van der Waals surface area (Å²) >= 11 is 0. The van der Waals surface area contributed by atoms with Crippen molar-refractivity contribution in [1.29, 1.82) is 0 Å². The zero-order valence-electron chi connectivity index (χ0n) is 14.2. The Kier molecular flexibility index (Phi) is 5.38. The molecule has 0 spiro atoms. The second-order valence-corrected chi connectivity index (χ2v) is 7.48. The predicted octanol–water partition coefficient (Wildman–Crippen LogP) is 4.38. The smallest absolute Gasteiger partial charge is 0.233 e. The molecule has 2 aromatic carbocycles. The van der Waals surface area contributed by atoms with Crippen molar-refractivity contribution >= 4 is 27.2 Å². The van der Waals surface area contributed by atoms with Crippen molar-refractivity contribution in [3.63, 3.8) is 0 Å². The van der Waals surface area contributed by atoms with E-state index >= 15 is 0 Å². The van der Waals surface area contributed by atoms with Crippen molar-refractivity contribution < 1.29 is 13.2 Å². The van der Waals surface area contributed by atoms with Crippen molar-refractivity contribution in [3.8, 4) is 11.5 Å². The summed E-state index contributed by atoms with van der Waals surface area (Å²) in [5.41, 5.74) is 1.49. The van der Waals surface area contributed by atoms with Crippen LogP contribution in [0.15, 0.2) is 72.9 Å². The van der Waals surface area contributed by atoms with Gasteiger partial charge < -0.3 is 10.1 Å². The molecule has 0 aliphatic carbocycles. The molecule has 0 amide bonds. The summed E-state index contributed by atoms with van der Waals surface area (Å²) in [5, 5.41) is 3.23. The van der Waals surface area contributed by atoms with E-state index in [0.717, 1.165) is 11.4 Å². The maximum Gasteiger partial charge on any atom is 0.233 e. The van der Waals surface area contributed by atoms with Crippen LogP contribution in [0.1, 0.15) is 6.92 Å². The monoisotopic (exact) mass is 369 g/mol. The maximum absolute atomic E-state index is 11.6. The van der Waals surface area contributed by atoms with Crippen LogP contribution in [0.25, 0.3) is 0 Å². The summed E-state index contributed by atoms with van der Waals surface area (Å²) in [6, 6.07) is 20.4. The standard InChI is InChI=1S/C19H19N3O3S/c1-2-26(23,24)22-19-13-12-15(14-20-19)21-17-10-6-7-11-18(17)25-16-8-4-3-5-9-16/h3-14,21H,2H2,1H3,(H,20,22). The van der Waals surface area contributed by atoms with Crippen LogP contribution in [0.5, 0.6) is 11.5 Å². The lowest BCUT2D eigenvalue weighted by Crippen LogP contribution is -2.15. The van der Waals surface area contributed by atoms with Crippen LogP contribution in [0.3, 0.4) is 0 Å². The average Bonchev–Trinajstić information content (AvgIpc) is 2.66. The van der Waals surface area contributed by atoms with E-state index in [2.05, 4.69) is 15.0 Å². The van der Waals surface area contributed by atoms with Crippen molar-refractivity contribution in [3.05, 3.63) is 72.9 Å². The quantitative estimate of drug-likeness (QED) is 0.646. The van der Waals surface area contributed by atoms with Crippen molar-refractivity contribution in [1.82, 2.24) is 4.98 Å². The molecule has 2 N–H and O–H groups in total. The van der Waals surface area contributed by atoms with E-state index in [1.165, 1.54) is 0 Å². The molecule has 7 heteroatoms. The highest BCUT2D eigenvalue weighted by molar-refractivity contribution is 7.92. The van der Waals surface area contributed by atoms with Crippen LogP contribution in [0, 0.1) is 0 Å². The van der Waals surface area contributed by atoms with Crippen LogP contribution in [-0.2, 0) is 10.0 Å². The number of ether oxygens (including phenoxy) is 1. The molecular weight excluding hydrogens is 350 g/mol. The topological polar surface area (TPSA) is 80.3 Å². The second kappa shape index (κ2) is 7.88. The van der Waals surface area contributed by atoms with Crippen LogP contribution in [0.4, 0.5) is 17.2 Å². The van der Waals surface area contributed by atoms with Gasteiger partial charge >= 0.3 is 0 Å². The Balaban J connectivity index is 1.75. The largest absolute Gasteiger partial charge is 0.455 e. The molecule has 0 saturated heterocycles. The van der Waals surface area contributed by atoms with Gasteiger partial charge in [0.25, 0.3) is 0 Å². The first kappa shape index (κ1) is 17.8. The SMILES string of the molecule is CCS(=O)(=O)Nc1ccc(Nc2ccccc2Oc2ccccc2)cn1. The maximum atomic E-state index is 11.6. The normalized spacial score (nSPS) is 11.0. The third-order valence-corrected chi connectivity index (χ3v) is 4.82. The number of hydrogen-bond donors (Lipinski definition) is 2. The number of anilines is 3. The number of nitrogens with zero attached hydrogens (tertiary/aromatic N) is 1. The van der Waals surface area contributed by atoms with Gasteiger partial charge in [0.1, 0.15) is 11.6 Å². The molecule has 0 aliphatic rings. The molecule has 3 aromatic rings. The molecule has 0 saturated carbocycles. The van der Waals surface area contributed by atoms with E-state index < -0.39 is 10.0 Å². The van der Waals surface area contributed by atoms with Gasteiger partial charge in [0.05, 0.1) is 23.3 Å². The second-order valence-electron chi connectivity index (χ2n) is 5.47. The summed E-state index contributed by atoms with van der Waals surface area (Å²) < 4.78 is 31.5. The number of rotatable bonds is 7. The lowest BCUT2D eigenvalue weighted by atomic mass is 10.2. The summed E-state index contributed by atoms with van der Waals surface area (Å²) in [5.74, 6) is 1.70. The molecule has 1 heterocycles. The Morgan fingerprint density at radius 3 is 2.38 bits per heavy atom. The van der Waals surface area contributed by atoms with Gasteiger partial charge in [0.2, 0.25) is 10.0 Å². The van der Waals surface area contributed by atoms with Gasteiger partial charge in [-0.3, -0.25) is 4.72 Å². The zero-order valence-corrected chi connectivity index (χ0v) is 15.0. The van der Waals surface area contributed by atoms with Crippen LogP contribution in [0.2, 0.25) is 0 Å². The molecule has 0 atom stereocenters. The van der Waals surface area contributed by atoms with Gasteiger partial charge in [-0.1, -0.05) is 30.3 Å². The van der Waals surface area contributed by atoms with Crippen molar-refractivity contribution in [2.75, 3.05) is 15.8 Å². The zero-order chi connectivity index (χ0) is 18.4. The minimum Gasteiger partial charge on any atom is -0.455 e. The Morgan fingerprint density at radius 2 is 1.69 bits per heavy atom. The molecular formula is C19H19N3O3S. The predicted molar refractivity (Wildman–Crippen MR) is 104 cm³/mol. The molecule has 0 aliphatic heterocycles. The summed E-state index contributed by atoms with van der Waals surface area (Å²) in [6.45, 7) is 1.57. The fraction of sp³-hybridized carbons (Fsp3) is 0.105. The molecule has 6 nitrogen and oxygen atoms in total. The van der Waals surface area contributed by atoms with Gasteiger partial charge in [-0.05, 0) is 43.3 Å². The highest BCUT2D eigenvalue weighted by Gasteiger charge is 2.08. The Hall–Kier alpha value is -3.06. The number of para-hydroxylation sites is 3. The fourth-order valence-corrected chi connectivity index (χ4v) is 2.77. The van der Waals surface area contributed by atoms with Gasteiger partial charge in [-0.25, -0.2) is 13.4 Å². The average molecular weight is 369 g/mol. The molecule has 26 heavy (non-hydrogen) atoms. The first-order valence-electron chi connectivity index (χ1n) is 8.11. The van der Waals surface area contributed by atoms with E-state index in [1.807, 2.05) is 54.6 Å². The van der Waals surface area contributed by atoms with Crippen molar-refractivity contribution in [2.24, 2.45) is 0 Å². The number of aromatic nitrogens is 1. The van der Waals surface area contributed by atoms with E-state index in [-0.39, 0.29) is 11.6 Å². The number of nitrogens with one attached hydrogen (secondary N) is 2. The third-order valence-electron chi connectivity index (χ3n) is 3.54. The van der Waals surface area contributed by atoms with Gasteiger partial charge in [-0.15, -0.1) is 0 Å². The molecule has 0 radical (unpaired) electrons. The lowest BCUT2D eigenvalue weighted by Gasteiger charge is -2.13. The number of hydrogen-bond acceptors (Lipinski definition) is 5. The number of pyridine rings is 1. The van der Waals surface area contributed by atoms with E-state index in [4.69, 9.17) is 4.74 Å². The number of benzene rings is 2.